The van der Waals surface area contributed by atoms with Crippen LogP contribution in [0.3, 0.4) is 0 Å². The summed E-state index contributed by atoms with van der Waals surface area (Å²) in [5, 5.41) is 5.83. The van der Waals surface area contributed by atoms with E-state index in [1.54, 1.807) is 7.11 Å². The molecule has 2 fully saturated rings. The van der Waals surface area contributed by atoms with E-state index in [2.05, 4.69) is 21.6 Å². The van der Waals surface area contributed by atoms with Crippen LogP contribution in [0.15, 0.2) is 24.3 Å². The summed E-state index contributed by atoms with van der Waals surface area (Å²) in [5.41, 5.74) is 1.10. The Hall–Kier alpha value is -2.08. The van der Waals surface area contributed by atoms with Crippen molar-refractivity contribution < 1.29 is 14.3 Å². The van der Waals surface area contributed by atoms with Gasteiger partial charge in [-0.15, -0.1) is 0 Å². The monoisotopic (exact) mass is 387 g/mol. The highest BCUT2D eigenvalue weighted by atomic mass is 16.5. The van der Waals surface area contributed by atoms with Crippen LogP contribution in [0.25, 0.3) is 0 Å². The first kappa shape index (κ1) is 20.6. The maximum atomic E-state index is 12.4. The molecule has 1 saturated heterocycles. The van der Waals surface area contributed by atoms with Crippen LogP contribution >= 0.6 is 0 Å². The number of carbonyl (C=O) groups excluding carboxylic acids is 2. The van der Waals surface area contributed by atoms with E-state index >= 15 is 0 Å². The van der Waals surface area contributed by atoms with Gasteiger partial charge in [-0.3, -0.25) is 14.5 Å². The zero-order chi connectivity index (χ0) is 19.8. The van der Waals surface area contributed by atoms with Crippen molar-refractivity contribution >= 4 is 11.8 Å². The first-order chi connectivity index (χ1) is 13.7. The molecule has 0 spiro atoms. The van der Waals surface area contributed by atoms with Crippen LogP contribution < -0.4 is 15.4 Å². The number of rotatable bonds is 8. The topological polar surface area (TPSA) is 70.7 Å². The molecule has 1 atom stereocenters. The molecule has 3 rings (SSSR count). The van der Waals surface area contributed by atoms with Gasteiger partial charge in [-0.05, 0) is 44.8 Å². The van der Waals surface area contributed by atoms with Gasteiger partial charge in [0.1, 0.15) is 5.75 Å². The van der Waals surface area contributed by atoms with Gasteiger partial charge in [0.15, 0.2) is 0 Å². The van der Waals surface area contributed by atoms with Gasteiger partial charge in [0.25, 0.3) is 0 Å². The number of nitrogens with one attached hydrogen (secondary N) is 2. The Morgan fingerprint density at radius 3 is 2.50 bits per heavy atom. The number of benzene rings is 1. The second-order valence-electron chi connectivity index (χ2n) is 7.86. The Bertz CT molecular complexity index is 652. The lowest BCUT2D eigenvalue weighted by molar-refractivity contribution is -0.128. The zero-order valence-corrected chi connectivity index (χ0v) is 16.9. The molecule has 6 heteroatoms. The minimum absolute atomic E-state index is 0.0185. The Balaban J connectivity index is 1.57. The molecule has 1 aliphatic heterocycles. The lowest BCUT2D eigenvalue weighted by atomic mass is 10.0. The Morgan fingerprint density at radius 2 is 1.79 bits per heavy atom. The van der Waals surface area contributed by atoms with Gasteiger partial charge in [0, 0.05) is 18.0 Å². The highest BCUT2D eigenvalue weighted by Gasteiger charge is 2.26. The molecule has 0 bridgehead atoms. The quantitative estimate of drug-likeness (QED) is 0.719. The molecule has 28 heavy (non-hydrogen) atoms. The summed E-state index contributed by atoms with van der Waals surface area (Å²) in [6.45, 7) is 2.61. The van der Waals surface area contributed by atoms with Gasteiger partial charge >= 0.3 is 0 Å². The first-order valence-corrected chi connectivity index (χ1v) is 10.6. The van der Waals surface area contributed by atoms with E-state index in [0.29, 0.717) is 6.54 Å². The molecule has 2 N–H and O–H groups in total. The molecule has 1 saturated carbocycles. The van der Waals surface area contributed by atoms with Crippen molar-refractivity contribution in [3.63, 3.8) is 0 Å². The van der Waals surface area contributed by atoms with Crippen LogP contribution in [0, 0.1) is 5.92 Å². The minimum Gasteiger partial charge on any atom is -0.496 e. The first-order valence-electron chi connectivity index (χ1n) is 10.6. The second kappa shape index (κ2) is 10.5. The van der Waals surface area contributed by atoms with E-state index in [4.69, 9.17) is 4.74 Å². The van der Waals surface area contributed by atoms with Gasteiger partial charge in [0.2, 0.25) is 11.8 Å². The number of methoxy groups -OCH3 is 1. The van der Waals surface area contributed by atoms with Crippen molar-refractivity contribution in [3.8, 4) is 5.75 Å². The smallest absolute Gasteiger partial charge is 0.239 e. The molecule has 1 heterocycles. The van der Waals surface area contributed by atoms with Gasteiger partial charge in [0.05, 0.1) is 19.7 Å². The molecule has 154 valence electrons. The fraction of sp³-hybridized carbons (Fsp3) is 0.636. The maximum absolute atomic E-state index is 12.4. The Labute approximate surface area is 168 Å². The molecular formula is C22H33N3O3. The number of amides is 2. The Morgan fingerprint density at radius 1 is 1.07 bits per heavy atom. The standard InChI is InChI=1S/C22H33N3O3/c1-28-20-12-6-5-11-18(20)19(25-13-7-2-8-14-25)15-23-21(26)16-24-22(27)17-9-3-4-10-17/h5-6,11-12,17,19H,2-4,7-10,13-16H2,1H3,(H,23,26)(H,24,27). The highest BCUT2D eigenvalue weighted by Crippen LogP contribution is 2.31. The summed E-state index contributed by atoms with van der Waals surface area (Å²) in [7, 11) is 1.68. The summed E-state index contributed by atoms with van der Waals surface area (Å²) in [6.07, 6.45) is 7.72. The summed E-state index contributed by atoms with van der Waals surface area (Å²) in [5.74, 6) is 0.817. The fourth-order valence-corrected chi connectivity index (χ4v) is 4.38. The molecule has 6 nitrogen and oxygen atoms in total. The summed E-state index contributed by atoms with van der Waals surface area (Å²) in [4.78, 5) is 26.9. The van der Waals surface area contributed by atoms with Crippen molar-refractivity contribution in [1.29, 1.82) is 0 Å². The maximum Gasteiger partial charge on any atom is 0.239 e. The molecule has 1 aromatic rings. The number of hydrogen-bond acceptors (Lipinski definition) is 4. The normalized spacial score (nSPS) is 19.2. The van der Waals surface area contributed by atoms with Crippen molar-refractivity contribution in [2.75, 3.05) is 33.3 Å². The third kappa shape index (κ3) is 5.47. The average molecular weight is 388 g/mol. The predicted molar refractivity (Wildman–Crippen MR) is 109 cm³/mol. The molecular weight excluding hydrogens is 354 g/mol. The SMILES string of the molecule is COc1ccccc1C(CNC(=O)CNC(=O)C1CCCC1)N1CCCCC1. The van der Waals surface area contributed by atoms with Gasteiger partial charge in [-0.2, -0.15) is 0 Å². The molecule has 1 unspecified atom stereocenters. The lowest BCUT2D eigenvalue weighted by Gasteiger charge is -2.35. The number of nitrogens with zero attached hydrogens (tertiary/aromatic N) is 1. The van der Waals surface area contributed by atoms with E-state index in [9.17, 15) is 9.59 Å². The zero-order valence-electron chi connectivity index (χ0n) is 16.9. The molecule has 0 radical (unpaired) electrons. The predicted octanol–water partition coefficient (Wildman–Crippen LogP) is 2.64. The summed E-state index contributed by atoms with van der Waals surface area (Å²) < 4.78 is 5.56. The number of hydrogen-bond donors (Lipinski definition) is 2. The number of para-hydroxylation sites is 1. The Kier molecular flexibility index (Phi) is 7.71. The third-order valence-electron chi connectivity index (χ3n) is 5.97. The third-order valence-corrected chi connectivity index (χ3v) is 5.97. The van der Waals surface area contributed by atoms with Crippen molar-refractivity contribution in [3.05, 3.63) is 29.8 Å². The highest BCUT2D eigenvalue weighted by molar-refractivity contribution is 5.85. The molecule has 1 aromatic carbocycles. The van der Waals surface area contributed by atoms with Crippen LogP contribution in [-0.4, -0.2) is 50.0 Å². The van der Waals surface area contributed by atoms with E-state index in [0.717, 1.165) is 50.1 Å². The molecule has 2 amide bonds. The van der Waals surface area contributed by atoms with E-state index in [-0.39, 0.29) is 30.3 Å². The van der Waals surface area contributed by atoms with Crippen LogP contribution in [0.2, 0.25) is 0 Å². The second-order valence-corrected chi connectivity index (χ2v) is 7.86. The van der Waals surface area contributed by atoms with Crippen molar-refractivity contribution in [2.45, 2.75) is 51.0 Å². The van der Waals surface area contributed by atoms with E-state index in [1.165, 1.54) is 19.3 Å². The summed E-state index contributed by atoms with van der Waals surface area (Å²) >= 11 is 0. The van der Waals surface area contributed by atoms with Crippen molar-refractivity contribution in [2.24, 2.45) is 5.92 Å². The van der Waals surface area contributed by atoms with Gasteiger partial charge in [-0.25, -0.2) is 0 Å². The van der Waals surface area contributed by atoms with Crippen LogP contribution in [0.4, 0.5) is 0 Å². The van der Waals surface area contributed by atoms with Gasteiger partial charge < -0.3 is 15.4 Å². The summed E-state index contributed by atoms with van der Waals surface area (Å²) in [6, 6.07) is 8.10. The lowest BCUT2D eigenvalue weighted by Crippen LogP contribution is -2.44. The molecule has 0 aromatic heterocycles. The van der Waals surface area contributed by atoms with Crippen molar-refractivity contribution in [1.82, 2.24) is 15.5 Å². The van der Waals surface area contributed by atoms with Crippen LogP contribution in [-0.2, 0) is 9.59 Å². The average Bonchev–Trinajstić information content (AvgIpc) is 3.28. The number of piperidine rings is 1. The number of carbonyl (C=O) groups is 2. The molecule has 2 aliphatic rings. The number of likely N-dealkylation sites (tertiary alicyclic amines) is 1. The fourth-order valence-electron chi connectivity index (χ4n) is 4.38. The van der Waals surface area contributed by atoms with Gasteiger partial charge in [-0.1, -0.05) is 37.5 Å². The van der Waals surface area contributed by atoms with Crippen LogP contribution in [0.5, 0.6) is 5.75 Å². The number of ether oxygens (including phenoxy) is 1. The van der Waals surface area contributed by atoms with E-state index < -0.39 is 0 Å². The largest absolute Gasteiger partial charge is 0.496 e. The molecule has 1 aliphatic carbocycles. The van der Waals surface area contributed by atoms with Crippen LogP contribution in [0.1, 0.15) is 56.6 Å². The van der Waals surface area contributed by atoms with E-state index in [1.807, 2.05) is 18.2 Å². The minimum atomic E-state index is -0.136.